The van der Waals surface area contributed by atoms with Crippen LogP contribution < -0.4 is 0 Å². The second-order valence-electron chi connectivity index (χ2n) is 4.98. The summed E-state index contributed by atoms with van der Waals surface area (Å²) >= 11 is 15.0. The molecule has 0 rings (SSSR count). The molecule has 0 heterocycles. The summed E-state index contributed by atoms with van der Waals surface area (Å²) in [6.45, 7) is 10.7. The first-order valence-corrected chi connectivity index (χ1v) is 6.81. The summed E-state index contributed by atoms with van der Waals surface area (Å²) < 4.78 is 1.07. The molecule has 0 fully saturated rings. The normalized spacial score (nSPS) is 12.5. The van der Waals surface area contributed by atoms with Crippen molar-refractivity contribution in [1.29, 1.82) is 0 Å². The maximum absolute atomic E-state index is 5.58. The highest BCUT2D eigenvalue weighted by atomic mass is 32.1. The Morgan fingerprint density at radius 3 is 1.67 bits per heavy atom. The van der Waals surface area contributed by atoms with Gasteiger partial charge in [-0.05, 0) is 36.9 Å². The Bertz CT molecular complexity index is 190. The lowest BCUT2D eigenvalue weighted by Gasteiger charge is -2.43. The molecule has 0 aliphatic heterocycles. The molecule has 0 aliphatic carbocycles. The molecule has 0 N–H and O–H groups in total. The van der Waals surface area contributed by atoms with E-state index < -0.39 is 0 Å². The Hall–Kier alpha value is 0.750. The van der Waals surface area contributed by atoms with Gasteiger partial charge in [-0.25, -0.2) is 0 Å². The number of quaternary nitrogens is 1. The topological polar surface area (TPSA) is 0 Å². The third-order valence-corrected chi connectivity index (χ3v) is 4.01. The fourth-order valence-corrected chi connectivity index (χ4v) is 1.83. The maximum atomic E-state index is 5.58. The minimum absolute atomic E-state index is 0.425. The van der Waals surface area contributed by atoms with Gasteiger partial charge in [-0.2, -0.15) is 0 Å². The molecule has 0 aromatic rings. The molecule has 0 unspecified atom stereocenters. The number of hydrogen-bond acceptors (Lipinski definition) is 2. The van der Waals surface area contributed by atoms with E-state index in [4.69, 9.17) is 25.0 Å². The highest BCUT2D eigenvalue weighted by molar-refractivity contribution is 8.10. The zero-order chi connectivity index (χ0) is 12.1. The fraction of sp³-hybridized carbons (Fsp3) is 0.909. The summed E-state index contributed by atoms with van der Waals surface area (Å²) in [5.41, 5.74) is 0. The van der Waals surface area contributed by atoms with Crippen LogP contribution in [0.3, 0.4) is 0 Å². The first-order chi connectivity index (χ1) is 6.78. The smallest absolute Gasteiger partial charge is 0.212 e. The molecular formula is C11H23NS3. The van der Waals surface area contributed by atoms with Crippen LogP contribution in [0.5, 0.6) is 0 Å². The zero-order valence-corrected chi connectivity index (χ0v) is 12.7. The third kappa shape index (κ3) is 6.82. The second-order valence-corrected chi connectivity index (χ2v) is 6.80. The summed E-state index contributed by atoms with van der Waals surface area (Å²) in [6.07, 6.45) is 2.23. The first-order valence-electron chi connectivity index (χ1n) is 5.59. The molecule has 0 bridgehead atoms. The van der Waals surface area contributed by atoms with Crippen LogP contribution in [0.4, 0.5) is 0 Å². The zero-order valence-electron chi connectivity index (χ0n) is 10.2. The van der Waals surface area contributed by atoms with Crippen LogP contribution in [-0.2, 0) is 12.8 Å². The molecule has 0 atom stereocenters. The minimum Gasteiger partial charge on any atom is -0.486 e. The van der Waals surface area contributed by atoms with E-state index >= 15 is 0 Å². The van der Waals surface area contributed by atoms with Gasteiger partial charge in [0.15, 0.2) is 0 Å². The molecule has 0 saturated carbocycles. The average molecular weight is 266 g/mol. The van der Waals surface area contributed by atoms with Gasteiger partial charge >= 0.3 is 0 Å². The van der Waals surface area contributed by atoms with Gasteiger partial charge in [0.1, 0.15) is 0 Å². The molecule has 0 aliphatic rings. The Morgan fingerprint density at radius 1 is 1.13 bits per heavy atom. The van der Waals surface area contributed by atoms with E-state index in [1.165, 1.54) is 0 Å². The number of nitrogens with zero attached hydrogens (tertiary/aromatic N) is 1. The third-order valence-electron chi connectivity index (χ3n) is 2.48. The van der Waals surface area contributed by atoms with Crippen LogP contribution in [-0.4, -0.2) is 21.3 Å². The lowest BCUT2D eigenvalue weighted by Crippen LogP contribution is -2.46. The van der Waals surface area contributed by atoms with Crippen molar-refractivity contribution in [3.8, 4) is 0 Å². The average Bonchev–Trinajstić information content (AvgIpc) is 2.11. The Labute approximate surface area is 111 Å². The lowest BCUT2D eigenvalue weighted by molar-refractivity contribution is -0.692. The molecular weight excluding hydrogens is 242 g/mol. The summed E-state index contributed by atoms with van der Waals surface area (Å²) in [5, 5.41) is 0. The Kier molecular flexibility index (Phi) is 7.51. The monoisotopic (exact) mass is 265 g/mol. The van der Waals surface area contributed by atoms with Crippen LogP contribution in [0, 0.1) is 11.8 Å². The highest BCUT2D eigenvalue weighted by Crippen LogP contribution is 2.17. The predicted octanol–water partition coefficient (Wildman–Crippen LogP) is 3.57. The molecule has 15 heavy (non-hydrogen) atoms. The molecule has 0 saturated heterocycles. The highest BCUT2D eigenvalue weighted by Gasteiger charge is 2.19. The van der Waals surface area contributed by atoms with Gasteiger partial charge in [0.2, 0.25) is 4.32 Å². The number of rotatable bonds is 6. The van der Waals surface area contributed by atoms with Gasteiger partial charge < -0.3 is 16.7 Å². The van der Waals surface area contributed by atoms with Crippen molar-refractivity contribution in [1.82, 2.24) is 0 Å². The second kappa shape index (κ2) is 7.15. The number of hydrogen-bond donors (Lipinski definition) is 1. The molecule has 1 nitrogen and oxygen atoms in total. The van der Waals surface area contributed by atoms with Crippen LogP contribution in [0.2, 0.25) is 0 Å². The minimum atomic E-state index is 0.425. The fourth-order valence-electron chi connectivity index (χ4n) is 1.24. The standard InChI is InChI=1S/C11H23NS3/c1-9(2)5-7-12(15,11(13)14)8-6-10(3)4/h9-10H,5-8H2,1-4H3,(H,13,14). The van der Waals surface area contributed by atoms with Crippen molar-refractivity contribution in [3.05, 3.63) is 0 Å². The SMILES string of the molecule is CC(C)CC[N+]([S-])(CCC(C)C)C(=S)S. The van der Waals surface area contributed by atoms with Gasteiger partial charge in [0, 0.05) is 0 Å². The van der Waals surface area contributed by atoms with E-state index in [-0.39, 0.29) is 0 Å². The maximum Gasteiger partial charge on any atom is 0.212 e. The molecule has 0 aromatic heterocycles. The molecule has 0 amide bonds. The molecule has 90 valence electrons. The van der Waals surface area contributed by atoms with Crippen LogP contribution in [0.1, 0.15) is 40.5 Å². The van der Waals surface area contributed by atoms with E-state index in [0.29, 0.717) is 20.0 Å². The summed E-state index contributed by atoms with van der Waals surface area (Å²) in [6, 6.07) is 0. The Morgan fingerprint density at radius 2 is 1.47 bits per heavy atom. The Balaban J connectivity index is 4.26. The van der Waals surface area contributed by atoms with Gasteiger partial charge in [-0.3, -0.25) is 0 Å². The van der Waals surface area contributed by atoms with Crippen LogP contribution >= 0.6 is 24.8 Å². The summed E-state index contributed by atoms with van der Waals surface area (Å²) in [7, 11) is 0. The summed E-state index contributed by atoms with van der Waals surface area (Å²) in [5.74, 6) is 1.35. The van der Waals surface area contributed by atoms with Crippen molar-refractivity contribution >= 4 is 42.0 Å². The largest absolute Gasteiger partial charge is 0.486 e. The quantitative estimate of drug-likeness (QED) is 0.337. The van der Waals surface area contributed by atoms with Crippen molar-refractivity contribution in [2.75, 3.05) is 13.1 Å². The molecule has 0 spiro atoms. The van der Waals surface area contributed by atoms with Crippen molar-refractivity contribution < 1.29 is 3.89 Å². The summed E-state index contributed by atoms with van der Waals surface area (Å²) in [4.78, 5) is 0. The van der Waals surface area contributed by atoms with Crippen LogP contribution in [0.25, 0.3) is 0 Å². The first kappa shape index (κ1) is 15.8. The van der Waals surface area contributed by atoms with Gasteiger partial charge in [-0.15, -0.1) is 0 Å². The van der Waals surface area contributed by atoms with E-state index in [1.54, 1.807) is 0 Å². The van der Waals surface area contributed by atoms with Gasteiger partial charge in [-0.1, -0.05) is 40.3 Å². The van der Waals surface area contributed by atoms with Crippen molar-refractivity contribution in [2.24, 2.45) is 11.8 Å². The molecule has 4 heteroatoms. The van der Waals surface area contributed by atoms with E-state index in [9.17, 15) is 0 Å². The van der Waals surface area contributed by atoms with E-state index in [0.717, 1.165) is 25.9 Å². The van der Waals surface area contributed by atoms with Crippen molar-refractivity contribution in [3.63, 3.8) is 0 Å². The van der Waals surface area contributed by atoms with Crippen molar-refractivity contribution in [2.45, 2.75) is 40.5 Å². The van der Waals surface area contributed by atoms with Gasteiger partial charge in [0.25, 0.3) is 0 Å². The van der Waals surface area contributed by atoms with E-state index in [2.05, 4.69) is 40.3 Å². The molecule has 0 aromatic carbocycles. The number of thiocarbonyl (C=S) groups is 1. The predicted molar refractivity (Wildman–Crippen MR) is 77.9 cm³/mol. The lowest BCUT2D eigenvalue weighted by atomic mass is 10.1. The molecule has 0 radical (unpaired) electrons. The van der Waals surface area contributed by atoms with E-state index in [1.807, 2.05) is 0 Å². The van der Waals surface area contributed by atoms with Crippen LogP contribution in [0.15, 0.2) is 0 Å². The number of thiol groups is 1. The van der Waals surface area contributed by atoms with Gasteiger partial charge in [0.05, 0.1) is 13.1 Å².